The van der Waals surface area contributed by atoms with Crippen LogP contribution in [0.5, 0.6) is 0 Å². The van der Waals surface area contributed by atoms with Gasteiger partial charge in [0.25, 0.3) is 0 Å². The largest absolute Gasteiger partial charge is 0.384 e. The van der Waals surface area contributed by atoms with Crippen LogP contribution in [0.25, 0.3) is 0 Å². The van der Waals surface area contributed by atoms with Crippen molar-refractivity contribution in [2.24, 2.45) is 5.92 Å². The Morgan fingerprint density at radius 1 is 1.19 bits per heavy atom. The topological polar surface area (TPSA) is 21.3 Å². The number of hydrogen-bond acceptors (Lipinski definition) is 2. The summed E-state index contributed by atoms with van der Waals surface area (Å²) in [4.78, 5) is 0. The fourth-order valence-corrected chi connectivity index (χ4v) is 1.79. The first-order valence-corrected chi connectivity index (χ1v) is 5.98. The zero-order valence-electron chi connectivity index (χ0n) is 10.6. The number of methoxy groups -OCH3 is 1. The number of rotatable bonds is 7. The van der Waals surface area contributed by atoms with Crippen LogP contribution in [0.4, 0.5) is 0 Å². The number of nitrogens with one attached hydrogen (secondary N) is 1. The highest BCUT2D eigenvalue weighted by Crippen LogP contribution is 2.03. The van der Waals surface area contributed by atoms with Crippen LogP contribution in [0.2, 0.25) is 0 Å². The summed E-state index contributed by atoms with van der Waals surface area (Å²) >= 11 is 0. The van der Waals surface area contributed by atoms with Crippen molar-refractivity contribution in [1.29, 1.82) is 0 Å². The molecule has 0 saturated carbocycles. The van der Waals surface area contributed by atoms with Gasteiger partial charge in [-0.1, -0.05) is 37.3 Å². The van der Waals surface area contributed by atoms with Gasteiger partial charge in [0.2, 0.25) is 0 Å². The molecule has 2 heteroatoms. The second kappa shape index (κ2) is 7.42. The van der Waals surface area contributed by atoms with E-state index in [1.165, 1.54) is 5.56 Å². The molecule has 0 heterocycles. The van der Waals surface area contributed by atoms with E-state index in [1.54, 1.807) is 7.11 Å². The van der Waals surface area contributed by atoms with Gasteiger partial charge in [0, 0.05) is 26.3 Å². The van der Waals surface area contributed by atoms with Crippen LogP contribution in [0.15, 0.2) is 30.3 Å². The Labute approximate surface area is 99.0 Å². The third-order valence-corrected chi connectivity index (χ3v) is 2.65. The number of ether oxygens (including phenoxy) is 1. The molecule has 0 aliphatic rings. The van der Waals surface area contributed by atoms with Crippen LogP contribution in [-0.4, -0.2) is 26.3 Å². The van der Waals surface area contributed by atoms with Gasteiger partial charge >= 0.3 is 0 Å². The Balaban J connectivity index is 2.23. The SMILES string of the molecule is COCC(C)CNC(C)Cc1ccccc1. The first-order valence-electron chi connectivity index (χ1n) is 5.98. The van der Waals surface area contributed by atoms with Crippen molar-refractivity contribution >= 4 is 0 Å². The molecule has 0 aromatic heterocycles. The lowest BCUT2D eigenvalue weighted by Gasteiger charge is -2.17. The van der Waals surface area contributed by atoms with Crippen LogP contribution in [0.3, 0.4) is 0 Å². The van der Waals surface area contributed by atoms with Gasteiger partial charge in [0.05, 0.1) is 0 Å². The number of benzene rings is 1. The molecule has 16 heavy (non-hydrogen) atoms. The van der Waals surface area contributed by atoms with E-state index >= 15 is 0 Å². The highest BCUT2D eigenvalue weighted by atomic mass is 16.5. The van der Waals surface area contributed by atoms with Crippen molar-refractivity contribution in [3.05, 3.63) is 35.9 Å². The molecule has 0 aliphatic carbocycles. The summed E-state index contributed by atoms with van der Waals surface area (Å²) in [5, 5.41) is 3.54. The van der Waals surface area contributed by atoms with Crippen LogP contribution in [-0.2, 0) is 11.2 Å². The van der Waals surface area contributed by atoms with Crippen molar-refractivity contribution in [1.82, 2.24) is 5.32 Å². The Morgan fingerprint density at radius 3 is 2.50 bits per heavy atom. The van der Waals surface area contributed by atoms with E-state index in [0.717, 1.165) is 19.6 Å². The van der Waals surface area contributed by atoms with Crippen molar-refractivity contribution in [2.45, 2.75) is 26.3 Å². The van der Waals surface area contributed by atoms with Gasteiger partial charge in [-0.2, -0.15) is 0 Å². The minimum Gasteiger partial charge on any atom is -0.384 e. The second-order valence-electron chi connectivity index (χ2n) is 4.56. The van der Waals surface area contributed by atoms with Gasteiger partial charge in [0.15, 0.2) is 0 Å². The molecular weight excluding hydrogens is 198 g/mol. The van der Waals surface area contributed by atoms with Crippen LogP contribution < -0.4 is 5.32 Å². The van der Waals surface area contributed by atoms with E-state index in [0.29, 0.717) is 12.0 Å². The molecule has 0 bridgehead atoms. The maximum Gasteiger partial charge on any atom is 0.0499 e. The summed E-state index contributed by atoms with van der Waals surface area (Å²) < 4.78 is 5.11. The van der Waals surface area contributed by atoms with Crippen molar-refractivity contribution in [3.8, 4) is 0 Å². The molecular formula is C14H23NO. The minimum absolute atomic E-state index is 0.515. The van der Waals surface area contributed by atoms with Gasteiger partial charge in [0.1, 0.15) is 0 Å². The molecule has 1 rings (SSSR count). The van der Waals surface area contributed by atoms with Crippen molar-refractivity contribution in [3.63, 3.8) is 0 Å². The Bertz CT molecular complexity index is 273. The number of hydrogen-bond donors (Lipinski definition) is 1. The Kier molecular flexibility index (Phi) is 6.12. The van der Waals surface area contributed by atoms with Crippen molar-refractivity contribution in [2.75, 3.05) is 20.3 Å². The van der Waals surface area contributed by atoms with Gasteiger partial charge < -0.3 is 10.1 Å². The Hall–Kier alpha value is -0.860. The van der Waals surface area contributed by atoms with Crippen LogP contribution in [0, 0.1) is 5.92 Å². The van der Waals surface area contributed by atoms with Crippen molar-refractivity contribution < 1.29 is 4.74 Å². The molecule has 2 nitrogen and oxygen atoms in total. The lowest BCUT2D eigenvalue weighted by atomic mass is 10.1. The predicted octanol–water partition coefficient (Wildman–Crippen LogP) is 2.49. The average molecular weight is 221 g/mol. The van der Waals surface area contributed by atoms with Crippen LogP contribution in [0.1, 0.15) is 19.4 Å². The molecule has 1 aromatic rings. The van der Waals surface area contributed by atoms with E-state index in [-0.39, 0.29) is 0 Å². The molecule has 1 N–H and O–H groups in total. The van der Waals surface area contributed by atoms with Gasteiger partial charge in [-0.25, -0.2) is 0 Å². The molecule has 0 radical (unpaired) electrons. The average Bonchev–Trinajstić information content (AvgIpc) is 2.28. The fraction of sp³-hybridized carbons (Fsp3) is 0.571. The van der Waals surface area contributed by atoms with E-state index < -0.39 is 0 Å². The summed E-state index contributed by atoms with van der Waals surface area (Å²) in [5.74, 6) is 0.572. The molecule has 0 fully saturated rings. The molecule has 0 aliphatic heterocycles. The summed E-state index contributed by atoms with van der Waals surface area (Å²) in [5.41, 5.74) is 1.39. The molecule has 2 unspecified atom stereocenters. The third kappa shape index (κ3) is 5.29. The van der Waals surface area contributed by atoms with Crippen LogP contribution >= 0.6 is 0 Å². The van der Waals surface area contributed by atoms with Gasteiger partial charge in [-0.05, 0) is 24.8 Å². The second-order valence-corrected chi connectivity index (χ2v) is 4.56. The van der Waals surface area contributed by atoms with Gasteiger partial charge in [-0.3, -0.25) is 0 Å². The fourth-order valence-electron chi connectivity index (χ4n) is 1.79. The molecule has 0 saturated heterocycles. The summed E-state index contributed by atoms with van der Waals surface area (Å²) in [6.45, 7) is 6.27. The zero-order valence-corrected chi connectivity index (χ0v) is 10.6. The summed E-state index contributed by atoms with van der Waals surface area (Å²) in [6.07, 6.45) is 1.08. The summed E-state index contributed by atoms with van der Waals surface area (Å²) in [6, 6.07) is 11.1. The smallest absolute Gasteiger partial charge is 0.0499 e. The maximum absolute atomic E-state index is 5.11. The molecule has 1 aromatic carbocycles. The van der Waals surface area contributed by atoms with E-state index in [4.69, 9.17) is 4.74 Å². The first kappa shape index (κ1) is 13.2. The molecule has 0 amide bonds. The Morgan fingerprint density at radius 2 is 1.88 bits per heavy atom. The normalized spacial score (nSPS) is 14.7. The quantitative estimate of drug-likeness (QED) is 0.764. The predicted molar refractivity (Wildman–Crippen MR) is 68.7 cm³/mol. The lowest BCUT2D eigenvalue weighted by Crippen LogP contribution is -2.33. The zero-order chi connectivity index (χ0) is 11.8. The lowest BCUT2D eigenvalue weighted by molar-refractivity contribution is 0.157. The highest BCUT2D eigenvalue weighted by molar-refractivity contribution is 5.15. The molecule has 2 atom stereocenters. The molecule has 90 valence electrons. The maximum atomic E-state index is 5.11. The monoisotopic (exact) mass is 221 g/mol. The van der Waals surface area contributed by atoms with Gasteiger partial charge in [-0.15, -0.1) is 0 Å². The highest BCUT2D eigenvalue weighted by Gasteiger charge is 2.05. The summed E-state index contributed by atoms with van der Waals surface area (Å²) in [7, 11) is 1.75. The molecule has 0 spiro atoms. The minimum atomic E-state index is 0.515. The standard InChI is InChI=1S/C14H23NO/c1-12(11-16-3)10-15-13(2)9-14-7-5-4-6-8-14/h4-8,12-13,15H,9-11H2,1-3H3. The van der Waals surface area contributed by atoms with E-state index in [9.17, 15) is 0 Å². The third-order valence-electron chi connectivity index (χ3n) is 2.65. The van der Waals surface area contributed by atoms with E-state index in [2.05, 4.69) is 49.5 Å². The van der Waals surface area contributed by atoms with E-state index in [1.807, 2.05) is 0 Å². The first-order chi connectivity index (χ1) is 7.72.